The van der Waals surface area contributed by atoms with E-state index >= 15 is 0 Å². The van der Waals surface area contributed by atoms with E-state index in [4.69, 9.17) is 16.3 Å². The Bertz CT molecular complexity index is 284. The van der Waals surface area contributed by atoms with Crippen molar-refractivity contribution in [3.05, 3.63) is 16.3 Å². The first kappa shape index (κ1) is 15.3. The molecule has 0 aromatic rings. The van der Waals surface area contributed by atoms with Gasteiger partial charge in [0.1, 0.15) is 0 Å². The summed E-state index contributed by atoms with van der Waals surface area (Å²) in [6.45, 7) is 5.94. The van der Waals surface area contributed by atoms with Gasteiger partial charge in [-0.15, -0.1) is 5.73 Å². The number of ether oxygens (including phenoxy) is 1. The molecule has 0 heterocycles. The van der Waals surface area contributed by atoms with Crippen molar-refractivity contribution >= 4 is 17.6 Å². The fraction of sp³-hybridized carbons (Fsp3) is 0.692. The van der Waals surface area contributed by atoms with E-state index in [2.05, 4.69) is 12.7 Å². The molecule has 0 aromatic heterocycles. The molecule has 0 bridgehead atoms. The Labute approximate surface area is 103 Å². The van der Waals surface area contributed by atoms with Crippen molar-refractivity contribution in [2.45, 2.75) is 46.5 Å². The molecule has 1 atom stereocenters. The van der Waals surface area contributed by atoms with Crippen LogP contribution in [0.2, 0.25) is 0 Å². The van der Waals surface area contributed by atoms with Crippen LogP contribution >= 0.6 is 11.6 Å². The minimum absolute atomic E-state index is 0.269. The molecule has 0 aliphatic carbocycles. The SMILES string of the molecule is CCCCCC(C(=O)OC)C(Cl)=C=C(C)C. The highest BCUT2D eigenvalue weighted by molar-refractivity contribution is 6.31. The fourth-order valence-corrected chi connectivity index (χ4v) is 1.80. The van der Waals surface area contributed by atoms with Crippen LogP contribution in [-0.4, -0.2) is 13.1 Å². The summed E-state index contributed by atoms with van der Waals surface area (Å²) in [7, 11) is 1.39. The molecule has 0 aliphatic heterocycles. The summed E-state index contributed by atoms with van der Waals surface area (Å²) in [4.78, 5) is 11.6. The van der Waals surface area contributed by atoms with E-state index in [1.165, 1.54) is 7.11 Å². The van der Waals surface area contributed by atoms with Crippen LogP contribution in [0.15, 0.2) is 16.3 Å². The second-order valence-corrected chi connectivity index (χ2v) is 4.45. The number of unbranched alkanes of at least 4 members (excludes halogenated alkanes) is 2. The monoisotopic (exact) mass is 244 g/mol. The van der Waals surface area contributed by atoms with Crippen LogP contribution in [0.25, 0.3) is 0 Å². The lowest BCUT2D eigenvalue weighted by Crippen LogP contribution is -2.16. The summed E-state index contributed by atoms with van der Waals surface area (Å²) in [5, 5.41) is 0.461. The van der Waals surface area contributed by atoms with Crippen molar-refractivity contribution in [3.8, 4) is 0 Å². The molecule has 0 fully saturated rings. The number of esters is 1. The quantitative estimate of drug-likeness (QED) is 0.400. The topological polar surface area (TPSA) is 26.3 Å². The van der Waals surface area contributed by atoms with Crippen LogP contribution in [0.4, 0.5) is 0 Å². The molecule has 0 aromatic carbocycles. The van der Waals surface area contributed by atoms with Crippen molar-refractivity contribution in [2.75, 3.05) is 7.11 Å². The van der Waals surface area contributed by atoms with Crippen molar-refractivity contribution in [3.63, 3.8) is 0 Å². The predicted octanol–water partition coefficient (Wildman–Crippen LogP) is 4.04. The lowest BCUT2D eigenvalue weighted by molar-refractivity contribution is -0.144. The Hall–Kier alpha value is -0.720. The van der Waals surface area contributed by atoms with Gasteiger partial charge in [0.25, 0.3) is 0 Å². The molecule has 0 radical (unpaired) electrons. The molecular weight excluding hydrogens is 224 g/mol. The largest absolute Gasteiger partial charge is 0.469 e. The van der Waals surface area contributed by atoms with Gasteiger partial charge >= 0.3 is 5.97 Å². The van der Waals surface area contributed by atoms with Gasteiger partial charge in [-0.25, -0.2) is 0 Å². The molecule has 1 unspecified atom stereocenters. The lowest BCUT2D eigenvalue weighted by atomic mass is 10.0. The average Bonchev–Trinajstić information content (AvgIpc) is 2.22. The molecule has 0 spiro atoms. The highest BCUT2D eigenvalue weighted by Gasteiger charge is 2.22. The summed E-state index contributed by atoms with van der Waals surface area (Å²) < 4.78 is 4.75. The molecular formula is C13H21ClO2. The standard InChI is InChI=1S/C13H21ClO2/c1-5-6-7-8-11(13(15)16-4)12(14)9-10(2)3/h11H,5-8H2,1-4H3. The van der Waals surface area contributed by atoms with E-state index in [1.54, 1.807) is 0 Å². The zero-order chi connectivity index (χ0) is 12.6. The van der Waals surface area contributed by atoms with Crippen molar-refractivity contribution < 1.29 is 9.53 Å². The van der Waals surface area contributed by atoms with E-state index in [1.807, 2.05) is 13.8 Å². The minimum atomic E-state index is -0.354. The maximum absolute atomic E-state index is 11.6. The second-order valence-electron chi connectivity index (χ2n) is 4.04. The van der Waals surface area contributed by atoms with Crippen LogP contribution in [0.5, 0.6) is 0 Å². The van der Waals surface area contributed by atoms with Crippen LogP contribution in [0, 0.1) is 5.92 Å². The Morgan fingerprint density at radius 3 is 2.44 bits per heavy atom. The Kier molecular flexibility index (Phi) is 8.05. The number of rotatable bonds is 6. The highest BCUT2D eigenvalue weighted by Crippen LogP contribution is 2.23. The first-order valence-electron chi connectivity index (χ1n) is 5.70. The van der Waals surface area contributed by atoms with Crippen LogP contribution < -0.4 is 0 Å². The number of methoxy groups -OCH3 is 1. The summed E-state index contributed by atoms with van der Waals surface area (Å²) in [5.41, 5.74) is 3.95. The van der Waals surface area contributed by atoms with Gasteiger partial charge in [0.15, 0.2) is 0 Å². The molecule has 3 heteroatoms. The van der Waals surface area contributed by atoms with Gasteiger partial charge in [-0.05, 0) is 25.8 Å². The molecule has 0 N–H and O–H groups in total. The molecule has 2 nitrogen and oxygen atoms in total. The first-order valence-corrected chi connectivity index (χ1v) is 6.08. The first-order chi connectivity index (χ1) is 7.52. The molecule has 92 valence electrons. The zero-order valence-electron chi connectivity index (χ0n) is 10.6. The van der Waals surface area contributed by atoms with Crippen molar-refractivity contribution in [2.24, 2.45) is 5.92 Å². The molecule has 16 heavy (non-hydrogen) atoms. The number of halogens is 1. The third kappa shape index (κ3) is 5.99. The van der Waals surface area contributed by atoms with E-state index in [0.29, 0.717) is 5.03 Å². The molecule has 0 saturated heterocycles. The molecule has 0 aliphatic rings. The van der Waals surface area contributed by atoms with Gasteiger partial charge in [-0.1, -0.05) is 37.8 Å². The second kappa shape index (κ2) is 8.43. The number of hydrogen-bond acceptors (Lipinski definition) is 2. The van der Waals surface area contributed by atoms with Crippen LogP contribution in [-0.2, 0) is 9.53 Å². The third-order valence-corrected chi connectivity index (χ3v) is 2.62. The smallest absolute Gasteiger partial charge is 0.314 e. The molecule has 0 rings (SSSR count). The molecule has 0 amide bonds. The van der Waals surface area contributed by atoms with Gasteiger partial charge in [0, 0.05) is 0 Å². The fourth-order valence-electron chi connectivity index (χ4n) is 1.41. The van der Waals surface area contributed by atoms with Gasteiger partial charge in [-0.3, -0.25) is 4.79 Å². The Balaban J connectivity index is 4.68. The van der Waals surface area contributed by atoms with Gasteiger partial charge < -0.3 is 4.74 Å². The minimum Gasteiger partial charge on any atom is -0.469 e. The van der Waals surface area contributed by atoms with E-state index < -0.39 is 0 Å². The maximum atomic E-state index is 11.6. The molecule has 0 saturated carbocycles. The van der Waals surface area contributed by atoms with Crippen molar-refractivity contribution in [1.29, 1.82) is 0 Å². The third-order valence-electron chi connectivity index (χ3n) is 2.26. The van der Waals surface area contributed by atoms with Gasteiger partial charge in [0.05, 0.1) is 18.1 Å². The van der Waals surface area contributed by atoms with E-state index in [0.717, 1.165) is 31.3 Å². The summed E-state index contributed by atoms with van der Waals surface area (Å²) >= 11 is 6.08. The van der Waals surface area contributed by atoms with E-state index in [-0.39, 0.29) is 11.9 Å². The van der Waals surface area contributed by atoms with E-state index in [9.17, 15) is 4.79 Å². The number of carbonyl (C=O) groups excluding carboxylic acids is 1. The predicted molar refractivity (Wildman–Crippen MR) is 67.4 cm³/mol. The zero-order valence-corrected chi connectivity index (χ0v) is 11.4. The normalized spacial score (nSPS) is 11.6. The highest BCUT2D eigenvalue weighted by atomic mass is 35.5. The Morgan fingerprint density at radius 2 is 2.00 bits per heavy atom. The van der Waals surface area contributed by atoms with Crippen molar-refractivity contribution in [1.82, 2.24) is 0 Å². The van der Waals surface area contributed by atoms with Crippen LogP contribution in [0.1, 0.15) is 46.5 Å². The summed E-state index contributed by atoms with van der Waals surface area (Å²) in [5.74, 6) is -0.622. The average molecular weight is 245 g/mol. The van der Waals surface area contributed by atoms with Gasteiger partial charge in [-0.2, -0.15) is 0 Å². The number of hydrogen-bond donors (Lipinski definition) is 0. The maximum Gasteiger partial charge on any atom is 0.314 e. The number of carbonyl (C=O) groups is 1. The summed E-state index contributed by atoms with van der Waals surface area (Å²) in [6, 6.07) is 0. The summed E-state index contributed by atoms with van der Waals surface area (Å²) in [6.07, 6.45) is 3.95. The van der Waals surface area contributed by atoms with Crippen LogP contribution in [0.3, 0.4) is 0 Å². The Morgan fingerprint density at radius 1 is 1.38 bits per heavy atom. The van der Waals surface area contributed by atoms with Gasteiger partial charge in [0.2, 0.25) is 0 Å². The lowest BCUT2D eigenvalue weighted by Gasteiger charge is -2.12.